The van der Waals surface area contributed by atoms with E-state index in [1.54, 1.807) is 0 Å². The topological polar surface area (TPSA) is 35.2 Å². The van der Waals surface area contributed by atoms with Gasteiger partial charge in [-0.05, 0) is 38.5 Å². The average Bonchev–Trinajstić information content (AvgIpc) is 2.29. The highest BCUT2D eigenvalue weighted by Crippen LogP contribution is 2.52. The maximum Gasteiger partial charge on any atom is 0.0664 e. The molecule has 2 N–H and O–H groups in total. The molecule has 0 aromatic carbocycles. The zero-order valence-electron chi connectivity index (χ0n) is 11.7. The monoisotopic (exact) mass is 239 g/mol. The van der Waals surface area contributed by atoms with Gasteiger partial charge in [0.15, 0.2) is 0 Å². The van der Waals surface area contributed by atoms with E-state index in [0.29, 0.717) is 23.7 Å². The Hall–Kier alpha value is -0.0800. The lowest BCUT2D eigenvalue weighted by Gasteiger charge is -2.57. The molecule has 2 rings (SSSR count). The van der Waals surface area contributed by atoms with Crippen LogP contribution in [0.2, 0.25) is 0 Å². The van der Waals surface area contributed by atoms with Gasteiger partial charge in [-0.1, -0.05) is 33.1 Å². The molecule has 2 heteroatoms. The van der Waals surface area contributed by atoms with E-state index in [1.807, 2.05) is 0 Å². The summed E-state index contributed by atoms with van der Waals surface area (Å²) in [5, 5.41) is 0. The van der Waals surface area contributed by atoms with Crippen LogP contribution in [0.4, 0.5) is 0 Å². The maximum absolute atomic E-state index is 6.28. The van der Waals surface area contributed by atoms with Crippen LogP contribution in [0.3, 0.4) is 0 Å². The first-order valence-corrected chi connectivity index (χ1v) is 7.45. The first-order valence-electron chi connectivity index (χ1n) is 7.45. The van der Waals surface area contributed by atoms with E-state index in [4.69, 9.17) is 10.5 Å². The van der Waals surface area contributed by atoms with E-state index in [-0.39, 0.29) is 0 Å². The highest BCUT2D eigenvalue weighted by molar-refractivity contribution is 5.07. The molecule has 2 saturated carbocycles. The van der Waals surface area contributed by atoms with E-state index in [9.17, 15) is 0 Å². The molecule has 2 fully saturated rings. The van der Waals surface area contributed by atoms with E-state index in [0.717, 1.165) is 12.3 Å². The number of hydrogen-bond donors (Lipinski definition) is 1. The van der Waals surface area contributed by atoms with Gasteiger partial charge in [0.25, 0.3) is 0 Å². The SMILES string of the molecule is CC(C)CC(C)OC1CC(N)C12CCCCC2. The summed E-state index contributed by atoms with van der Waals surface area (Å²) in [5.74, 6) is 0.723. The van der Waals surface area contributed by atoms with Gasteiger partial charge in [-0.2, -0.15) is 0 Å². The summed E-state index contributed by atoms with van der Waals surface area (Å²) in [6, 6.07) is 0.402. The minimum absolute atomic E-state index is 0.351. The fraction of sp³-hybridized carbons (Fsp3) is 1.00. The van der Waals surface area contributed by atoms with Gasteiger partial charge in [-0.25, -0.2) is 0 Å². The minimum Gasteiger partial charge on any atom is -0.375 e. The molecular formula is C15H29NO. The molecule has 0 heterocycles. The number of hydrogen-bond acceptors (Lipinski definition) is 2. The molecule has 1 spiro atoms. The highest BCUT2D eigenvalue weighted by atomic mass is 16.5. The molecule has 2 aliphatic rings. The first-order chi connectivity index (χ1) is 8.04. The third kappa shape index (κ3) is 2.68. The van der Waals surface area contributed by atoms with Gasteiger partial charge in [-0.3, -0.25) is 0 Å². The van der Waals surface area contributed by atoms with Crippen molar-refractivity contribution in [2.24, 2.45) is 17.1 Å². The lowest BCUT2D eigenvalue weighted by atomic mass is 9.55. The Kier molecular flexibility index (Phi) is 4.14. The van der Waals surface area contributed by atoms with Crippen LogP contribution in [0.1, 0.15) is 65.7 Å². The number of nitrogens with two attached hydrogens (primary N) is 1. The van der Waals surface area contributed by atoms with Gasteiger partial charge in [0.05, 0.1) is 12.2 Å². The molecule has 3 atom stereocenters. The average molecular weight is 239 g/mol. The standard InChI is InChI=1S/C15H29NO/c1-11(2)9-12(3)17-14-10-13(16)15(14)7-5-4-6-8-15/h11-14H,4-10,16H2,1-3H3. The van der Waals surface area contributed by atoms with Gasteiger partial charge >= 0.3 is 0 Å². The second kappa shape index (κ2) is 5.27. The van der Waals surface area contributed by atoms with Crippen molar-refractivity contribution in [3.8, 4) is 0 Å². The lowest BCUT2D eigenvalue weighted by molar-refractivity contribution is -0.167. The molecule has 2 aliphatic carbocycles. The predicted octanol–water partition coefficient (Wildman–Crippen LogP) is 3.49. The third-order valence-electron chi connectivity index (χ3n) is 4.83. The van der Waals surface area contributed by atoms with Crippen molar-refractivity contribution >= 4 is 0 Å². The van der Waals surface area contributed by atoms with Crippen molar-refractivity contribution in [1.29, 1.82) is 0 Å². The molecule has 3 unspecified atom stereocenters. The van der Waals surface area contributed by atoms with E-state index in [1.165, 1.54) is 38.5 Å². The van der Waals surface area contributed by atoms with Crippen molar-refractivity contribution < 1.29 is 4.74 Å². The van der Waals surface area contributed by atoms with Crippen molar-refractivity contribution in [3.63, 3.8) is 0 Å². The molecule has 0 aromatic heterocycles. The van der Waals surface area contributed by atoms with Gasteiger partial charge < -0.3 is 10.5 Å². The zero-order chi connectivity index (χ0) is 12.5. The molecular weight excluding hydrogens is 210 g/mol. The molecule has 100 valence electrons. The van der Waals surface area contributed by atoms with Crippen LogP contribution >= 0.6 is 0 Å². The summed E-state index contributed by atoms with van der Waals surface area (Å²) in [6.07, 6.45) is 9.80. The Bertz CT molecular complexity index is 245. The Morgan fingerprint density at radius 1 is 1.18 bits per heavy atom. The summed E-state index contributed by atoms with van der Waals surface area (Å²) < 4.78 is 6.28. The first kappa shape index (κ1) is 13.4. The van der Waals surface area contributed by atoms with Crippen LogP contribution in [-0.4, -0.2) is 18.2 Å². The van der Waals surface area contributed by atoms with E-state index >= 15 is 0 Å². The van der Waals surface area contributed by atoms with E-state index in [2.05, 4.69) is 20.8 Å². The van der Waals surface area contributed by atoms with Crippen LogP contribution in [0.25, 0.3) is 0 Å². The largest absolute Gasteiger partial charge is 0.375 e. The summed E-state index contributed by atoms with van der Waals surface area (Å²) >= 11 is 0. The van der Waals surface area contributed by atoms with Crippen LogP contribution in [0, 0.1) is 11.3 Å². The van der Waals surface area contributed by atoms with Crippen molar-refractivity contribution in [3.05, 3.63) is 0 Å². The predicted molar refractivity (Wildman–Crippen MR) is 71.9 cm³/mol. The number of rotatable bonds is 4. The fourth-order valence-corrected chi connectivity index (χ4v) is 3.87. The van der Waals surface area contributed by atoms with E-state index < -0.39 is 0 Å². The highest BCUT2D eigenvalue weighted by Gasteiger charge is 2.54. The van der Waals surface area contributed by atoms with Gasteiger partial charge in [0.1, 0.15) is 0 Å². The molecule has 0 amide bonds. The molecule has 17 heavy (non-hydrogen) atoms. The van der Waals surface area contributed by atoms with Gasteiger partial charge in [-0.15, -0.1) is 0 Å². The minimum atomic E-state index is 0.351. The zero-order valence-corrected chi connectivity index (χ0v) is 11.7. The number of ether oxygens (including phenoxy) is 1. The molecule has 0 radical (unpaired) electrons. The normalized spacial score (nSPS) is 33.7. The summed E-state index contributed by atoms with van der Waals surface area (Å²) in [4.78, 5) is 0. The Morgan fingerprint density at radius 2 is 1.82 bits per heavy atom. The summed E-state index contributed by atoms with van der Waals surface area (Å²) in [7, 11) is 0. The lowest BCUT2D eigenvalue weighted by Crippen LogP contribution is -2.63. The third-order valence-corrected chi connectivity index (χ3v) is 4.83. The Morgan fingerprint density at radius 3 is 2.35 bits per heavy atom. The molecule has 0 aromatic rings. The molecule has 2 nitrogen and oxygen atoms in total. The van der Waals surface area contributed by atoms with Crippen molar-refractivity contribution in [2.45, 2.75) is 84.0 Å². The second-order valence-electron chi connectivity index (χ2n) is 6.70. The second-order valence-corrected chi connectivity index (χ2v) is 6.70. The van der Waals surface area contributed by atoms with Crippen molar-refractivity contribution in [2.75, 3.05) is 0 Å². The smallest absolute Gasteiger partial charge is 0.0664 e. The Labute approximate surface area is 106 Å². The summed E-state index contributed by atoms with van der Waals surface area (Å²) in [5.41, 5.74) is 6.63. The van der Waals surface area contributed by atoms with Crippen LogP contribution in [0.15, 0.2) is 0 Å². The molecule has 0 aliphatic heterocycles. The van der Waals surface area contributed by atoms with Crippen LogP contribution < -0.4 is 5.73 Å². The summed E-state index contributed by atoms with van der Waals surface area (Å²) in [6.45, 7) is 6.76. The van der Waals surface area contributed by atoms with Gasteiger partial charge in [0.2, 0.25) is 0 Å². The molecule has 0 bridgehead atoms. The maximum atomic E-state index is 6.28. The van der Waals surface area contributed by atoms with Gasteiger partial charge in [0, 0.05) is 11.5 Å². The molecule has 0 saturated heterocycles. The fourth-order valence-electron chi connectivity index (χ4n) is 3.87. The van der Waals surface area contributed by atoms with Crippen LogP contribution in [0.5, 0.6) is 0 Å². The Balaban J connectivity index is 1.88. The van der Waals surface area contributed by atoms with Crippen molar-refractivity contribution in [1.82, 2.24) is 0 Å². The quantitative estimate of drug-likeness (QED) is 0.815. The van der Waals surface area contributed by atoms with Crippen LogP contribution in [-0.2, 0) is 4.74 Å².